The monoisotopic (exact) mass is 262 g/mol. The number of nitrogens with one attached hydrogen (secondary N) is 1. The van der Waals surface area contributed by atoms with Crippen LogP contribution in [-0.4, -0.2) is 41.1 Å². The molecule has 19 heavy (non-hydrogen) atoms. The lowest BCUT2D eigenvalue weighted by atomic mass is 10.0. The molecule has 1 aliphatic heterocycles. The van der Waals surface area contributed by atoms with Crippen molar-refractivity contribution in [1.29, 1.82) is 0 Å². The maximum atomic E-state index is 10.8. The first-order valence-corrected chi connectivity index (χ1v) is 6.90. The third kappa shape index (κ3) is 3.70. The van der Waals surface area contributed by atoms with E-state index in [1.807, 2.05) is 12.1 Å². The second-order valence-corrected chi connectivity index (χ2v) is 5.43. The summed E-state index contributed by atoms with van der Waals surface area (Å²) in [4.78, 5) is 13.3. The number of hydrogen-bond donors (Lipinski definition) is 2. The van der Waals surface area contributed by atoms with Crippen LogP contribution in [0.1, 0.15) is 37.0 Å². The Bertz CT molecular complexity index is 420. The predicted molar refractivity (Wildman–Crippen MR) is 76.8 cm³/mol. The first-order valence-electron chi connectivity index (χ1n) is 6.90. The fourth-order valence-electron chi connectivity index (χ4n) is 2.50. The molecule has 0 spiro atoms. The van der Waals surface area contributed by atoms with Crippen LogP contribution in [0.5, 0.6) is 0 Å². The van der Waals surface area contributed by atoms with Crippen molar-refractivity contribution in [1.82, 2.24) is 4.90 Å². The van der Waals surface area contributed by atoms with Gasteiger partial charge in [0.1, 0.15) is 0 Å². The molecule has 1 aromatic carbocycles. The Balaban J connectivity index is 1.87. The summed E-state index contributed by atoms with van der Waals surface area (Å²) in [6.45, 7) is 6.72. The van der Waals surface area contributed by atoms with Crippen molar-refractivity contribution in [2.24, 2.45) is 0 Å². The summed E-state index contributed by atoms with van der Waals surface area (Å²) < 4.78 is 0. The molecule has 0 amide bonds. The summed E-state index contributed by atoms with van der Waals surface area (Å²) in [7, 11) is 0. The van der Waals surface area contributed by atoms with Gasteiger partial charge >= 0.3 is 5.97 Å². The standard InChI is InChI=1S/C15H22N2O2/c1-11(2)17-9-7-14(8-10-17)16-13-5-3-12(4-6-13)15(18)19/h3-6,11,14,16H,7-10H2,1-2H3,(H,18,19). The molecule has 0 bridgehead atoms. The smallest absolute Gasteiger partial charge is 0.335 e. The molecule has 2 rings (SSSR count). The highest BCUT2D eigenvalue weighted by Gasteiger charge is 2.20. The van der Waals surface area contributed by atoms with E-state index in [0.29, 0.717) is 17.6 Å². The average molecular weight is 262 g/mol. The molecule has 104 valence electrons. The summed E-state index contributed by atoms with van der Waals surface area (Å²) in [6.07, 6.45) is 2.28. The van der Waals surface area contributed by atoms with E-state index in [1.54, 1.807) is 12.1 Å². The van der Waals surface area contributed by atoms with Crippen molar-refractivity contribution in [3.8, 4) is 0 Å². The largest absolute Gasteiger partial charge is 0.478 e. The summed E-state index contributed by atoms with van der Waals surface area (Å²) in [5.74, 6) is -0.878. The maximum Gasteiger partial charge on any atom is 0.335 e. The average Bonchev–Trinajstić information content (AvgIpc) is 2.40. The molecule has 0 atom stereocenters. The van der Waals surface area contributed by atoms with Crippen molar-refractivity contribution >= 4 is 11.7 Å². The van der Waals surface area contributed by atoms with E-state index in [1.165, 1.54) is 0 Å². The molecule has 1 aliphatic rings. The number of aromatic carboxylic acids is 1. The molecule has 1 aromatic rings. The van der Waals surface area contributed by atoms with E-state index < -0.39 is 5.97 Å². The molecule has 1 saturated heterocycles. The fraction of sp³-hybridized carbons (Fsp3) is 0.533. The van der Waals surface area contributed by atoms with Gasteiger partial charge in [0.15, 0.2) is 0 Å². The molecule has 4 nitrogen and oxygen atoms in total. The van der Waals surface area contributed by atoms with Crippen LogP contribution in [-0.2, 0) is 0 Å². The van der Waals surface area contributed by atoms with Gasteiger partial charge in [-0.15, -0.1) is 0 Å². The molecule has 0 saturated carbocycles. The van der Waals surface area contributed by atoms with E-state index in [2.05, 4.69) is 24.1 Å². The van der Waals surface area contributed by atoms with Crippen molar-refractivity contribution in [2.75, 3.05) is 18.4 Å². The van der Waals surface area contributed by atoms with Crippen molar-refractivity contribution in [3.05, 3.63) is 29.8 Å². The normalized spacial score (nSPS) is 17.6. The number of benzene rings is 1. The third-order valence-corrected chi connectivity index (χ3v) is 3.76. The predicted octanol–water partition coefficient (Wildman–Crippen LogP) is 2.67. The molecular formula is C15H22N2O2. The first kappa shape index (κ1) is 13.9. The summed E-state index contributed by atoms with van der Waals surface area (Å²) in [6, 6.07) is 8.10. The molecular weight excluding hydrogens is 240 g/mol. The molecule has 1 fully saturated rings. The molecule has 1 heterocycles. The maximum absolute atomic E-state index is 10.8. The fourth-order valence-corrected chi connectivity index (χ4v) is 2.50. The van der Waals surface area contributed by atoms with E-state index in [-0.39, 0.29) is 0 Å². The minimum atomic E-state index is -0.878. The SMILES string of the molecule is CC(C)N1CCC(Nc2ccc(C(=O)O)cc2)CC1. The molecule has 0 aliphatic carbocycles. The Kier molecular flexibility index (Phi) is 4.43. The first-order chi connectivity index (χ1) is 9.06. The number of rotatable bonds is 4. The lowest BCUT2D eigenvalue weighted by molar-refractivity contribution is 0.0697. The zero-order valence-electron chi connectivity index (χ0n) is 11.6. The van der Waals surface area contributed by atoms with Crippen LogP contribution >= 0.6 is 0 Å². The van der Waals surface area contributed by atoms with Crippen LogP contribution < -0.4 is 5.32 Å². The number of carboxylic acid groups (broad SMARTS) is 1. The molecule has 4 heteroatoms. The van der Waals surface area contributed by atoms with E-state index in [4.69, 9.17) is 5.11 Å². The van der Waals surface area contributed by atoms with Crippen LogP contribution in [0.3, 0.4) is 0 Å². The minimum absolute atomic E-state index is 0.333. The lowest BCUT2D eigenvalue weighted by Crippen LogP contribution is -2.42. The van der Waals surface area contributed by atoms with Crippen LogP contribution in [0, 0.1) is 0 Å². The Morgan fingerprint density at radius 3 is 2.32 bits per heavy atom. The number of carbonyl (C=O) groups is 1. The topological polar surface area (TPSA) is 52.6 Å². The third-order valence-electron chi connectivity index (χ3n) is 3.76. The number of piperidine rings is 1. The highest BCUT2D eigenvalue weighted by molar-refractivity contribution is 5.87. The van der Waals surface area contributed by atoms with Gasteiger partial charge in [-0.25, -0.2) is 4.79 Å². The van der Waals surface area contributed by atoms with Crippen molar-refractivity contribution < 1.29 is 9.90 Å². The quantitative estimate of drug-likeness (QED) is 0.876. The Hall–Kier alpha value is -1.55. The summed E-state index contributed by atoms with van der Waals surface area (Å²) in [5, 5.41) is 12.3. The van der Waals surface area contributed by atoms with Crippen LogP contribution in [0.15, 0.2) is 24.3 Å². The van der Waals surface area contributed by atoms with Gasteiger partial charge < -0.3 is 15.3 Å². The molecule has 0 aromatic heterocycles. The lowest BCUT2D eigenvalue weighted by Gasteiger charge is -2.35. The molecule has 0 unspecified atom stereocenters. The number of hydrogen-bond acceptors (Lipinski definition) is 3. The van der Waals surface area contributed by atoms with Gasteiger partial charge in [0, 0.05) is 30.9 Å². The Labute approximate surface area is 114 Å². The molecule has 0 radical (unpaired) electrons. The number of nitrogens with zero attached hydrogens (tertiary/aromatic N) is 1. The zero-order valence-corrected chi connectivity index (χ0v) is 11.6. The summed E-state index contributed by atoms with van der Waals surface area (Å²) in [5.41, 5.74) is 1.34. The van der Waals surface area contributed by atoms with Gasteiger partial charge in [0.05, 0.1) is 5.56 Å². The van der Waals surface area contributed by atoms with E-state index >= 15 is 0 Å². The van der Waals surface area contributed by atoms with E-state index in [0.717, 1.165) is 31.6 Å². The van der Waals surface area contributed by atoms with Crippen LogP contribution in [0.2, 0.25) is 0 Å². The van der Waals surface area contributed by atoms with Crippen molar-refractivity contribution in [3.63, 3.8) is 0 Å². The van der Waals surface area contributed by atoms with Gasteiger partial charge in [-0.3, -0.25) is 0 Å². The minimum Gasteiger partial charge on any atom is -0.478 e. The van der Waals surface area contributed by atoms with Gasteiger partial charge in [0.2, 0.25) is 0 Å². The highest BCUT2D eigenvalue weighted by atomic mass is 16.4. The number of carboxylic acids is 1. The van der Waals surface area contributed by atoms with Gasteiger partial charge in [-0.05, 0) is 51.0 Å². The van der Waals surface area contributed by atoms with Crippen LogP contribution in [0.4, 0.5) is 5.69 Å². The summed E-state index contributed by atoms with van der Waals surface area (Å²) >= 11 is 0. The van der Waals surface area contributed by atoms with Crippen LogP contribution in [0.25, 0.3) is 0 Å². The Morgan fingerprint density at radius 1 is 1.26 bits per heavy atom. The van der Waals surface area contributed by atoms with Gasteiger partial charge in [0.25, 0.3) is 0 Å². The van der Waals surface area contributed by atoms with Crippen molar-refractivity contribution in [2.45, 2.75) is 38.8 Å². The number of likely N-dealkylation sites (tertiary alicyclic amines) is 1. The van der Waals surface area contributed by atoms with E-state index in [9.17, 15) is 4.79 Å². The van der Waals surface area contributed by atoms with Gasteiger partial charge in [-0.1, -0.05) is 0 Å². The highest BCUT2D eigenvalue weighted by Crippen LogP contribution is 2.18. The number of anilines is 1. The Morgan fingerprint density at radius 2 is 1.84 bits per heavy atom. The second-order valence-electron chi connectivity index (χ2n) is 5.43. The zero-order chi connectivity index (χ0) is 13.8. The molecule has 2 N–H and O–H groups in total. The van der Waals surface area contributed by atoms with Gasteiger partial charge in [-0.2, -0.15) is 0 Å². The second kappa shape index (κ2) is 6.06.